The van der Waals surface area contributed by atoms with Crippen molar-refractivity contribution in [2.75, 3.05) is 11.9 Å². The number of nitrogens with one attached hydrogen (secondary N) is 1. The maximum absolute atomic E-state index is 13.3. The third-order valence-corrected chi connectivity index (χ3v) is 6.39. The molecule has 10 heteroatoms. The first-order chi connectivity index (χ1) is 13.5. The van der Waals surface area contributed by atoms with Crippen LogP contribution >= 0.6 is 34.3 Å². The summed E-state index contributed by atoms with van der Waals surface area (Å²) in [6, 6.07) is 5.05. The lowest BCUT2D eigenvalue weighted by Gasteiger charge is -2.12. The number of rotatable bonds is 6. The Kier molecular flexibility index (Phi) is 5.49. The van der Waals surface area contributed by atoms with Crippen LogP contribution in [-0.4, -0.2) is 27.8 Å². The van der Waals surface area contributed by atoms with Gasteiger partial charge in [-0.2, -0.15) is 0 Å². The van der Waals surface area contributed by atoms with Crippen molar-refractivity contribution in [2.45, 2.75) is 12.5 Å². The van der Waals surface area contributed by atoms with E-state index in [9.17, 15) is 8.78 Å². The van der Waals surface area contributed by atoms with E-state index >= 15 is 0 Å². The summed E-state index contributed by atoms with van der Waals surface area (Å²) in [5, 5.41) is 14.4. The van der Waals surface area contributed by atoms with Crippen molar-refractivity contribution in [2.24, 2.45) is 5.73 Å². The minimum Gasteiger partial charge on any atom is -0.359 e. The lowest BCUT2D eigenvalue weighted by molar-refractivity contribution is 0.576. The predicted molar refractivity (Wildman–Crippen MR) is 110 cm³/mol. The summed E-state index contributed by atoms with van der Waals surface area (Å²) >= 11 is 9.11. The maximum Gasteiger partial charge on any atom is 0.206 e. The summed E-state index contributed by atoms with van der Waals surface area (Å²) < 4.78 is 27.5. The molecule has 1 aromatic carbocycles. The van der Waals surface area contributed by atoms with Crippen molar-refractivity contribution in [3.63, 3.8) is 0 Å². The summed E-state index contributed by atoms with van der Waals surface area (Å²) in [7, 11) is 0. The van der Waals surface area contributed by atoms with Crippen molar-refractivity contribution in [1.82, 2.24) is 15.2 Å². The zero-order chi connectivity index (χ0) is 19.7. The second-order valence-corrected chi connectivity index (χ2v) is 8.65. The molecule has 0 saturated carbocycles. The Balaban J connectivity index is 1.41. The fourth-order valence-electron chi connectivity index (χ4n) is 2.75. The Morgan fingerprint density at radius 1 is 1.07 bits per heavy atom. The van der Waals surface area contributed by atoms with E-state index in [0.29, 0.717) is 28.7 Å². The van der Waals surface area contributed by atoms with Crippen molar-refractivity contribution in [3.8, 4) is 9.88 Å². The number of thiophene rings is 1. The van der Waals surface area contributed by atoms with E-state index in [1.165, 1.54) is 23.5 Å². The summed E-state index contributed by atoms with van der Waals surface area (Å²) in [5.41, 5.74) is 6.58. The van der Waals surface area contributed by atoms with Crippen molar-refractivity contribution in [3.05, 3.63) is 58.9 Å². The highest BCUT2D eigenvalue weighted by Gasteiger charge is 2.13. The summed E-state index contributed by atoms with van der Waals surface area (Å²) in [4.78, 5) is 5.05. The van der Waals surface area contributed by atoms with Gasteiger partial charge in [0.05, 0.1) is 14.6 Å². The van der Waals surface area contributed by atoms with Gasteiger partial charge in [0, 0.05) is 36.4 Å². The Hall–Kier alpha value is -2.20. The van der Waals surface area contributed by atoms with Crippen molar-refractivity contribution < 1.29 is 8.78 Å². The van der Waals surface area contributed by atoms with Gasteiger partial charge in [0.25, 0.3) is 0 Å². The number of hydrogen-bond acceptors (Lipinski definition) is 7. The highest BCUT2D eigenvalue weighted by Crippen LogP contribution is 2.38. The molecule has 0 aliphatic carbocycles. The van der Waals surface area contributed by atoms with Crippen LogP contribution in [0.5, 0.6) is 0 Å². The molecule has 0 amide bonds. The number of fused-ring (bicyclic) bond motifs is 1. The molecule has 144 valence electrons. The van der Waals surface area contributed by atoms with E-state index in [0.717, 1.165) is 26.0 Å². The summed E-state index contributed by atoms with van der Waals surface area (Å²) in [6.07, 6.45) is 3.72. The zero-order valence-corrected chi connectivity index (χ0v) is 16.7. The second-order valence-electron chi connectivity index (χ2n) is 6.18. The molecular weight excluding hydrogens is 424 g/mol. The molecule has 3 N–H and O–H groups in total. The summed E-state index contributed by atoms with van der Waals surface area (Å²) in [6.45, 7) is 0.398. The molecule has 3 heterocycles. The first-order valence-electron chi connectivity index (χ1n) is 8.29. The molecule has 0 saturated heterocycles. The van der Waals surface area contributed by atoms with E-state index in [-0.39, 0.29) is 6.04 Å². The SMILES string of the molecule is N[C@@H](CNc1nnc(-c2cc3c(Cl)cncc3s2)s1)Cc1cc(F)cc(F)c1. The molecule has 0 aliphatic heterocycles. The quantitative estimate of drug-likeness (QED) is 0.456. The third-order valence-electron chi connectivity index (χ3n) is 3.97. The number of pyridine rings is 1. The van der Waals surface area contributed by atoms with Gasteiger partial charge < -0.3 is 11.1 Å². The van der Waals surface area contributed by atoms with Crippen LogP contribution in [0.4, 0.5) is 13.9 Å². The van der Waals surface area contributed by atoms with Gasteiger partial charge in [0.2, 0.25) is 5.13 Å². The van der Waals surface area contributed by atoms with E-state index in [1.807, 2.05) is 6.07 Å². The molecule has 5 nitrogen and oxygen atoms in total. The van der Waals surface area contributed by atoms with Crippen molar-refractivity contribution >= 4 is 49.5 Å². The Morgan fingerprint density at radius 2 is 1.86 bits per heavy atom. The fourth-order valence-corrected chi connectivity index (χ4v) is 4.86. The molecule has 28 heavy (non-hydrogen) atoms. The average molecular weight is 438 g/mol. The molecule has 3 aromatic heterocycles. The molecule has 0 unspecified atom stereocenters. The van der Waals surface area contributed by atoms with Crippen LogP contribution in [0, 0.1) is 11.6 Å². The minimum atomic E-state index is -0.609. The predicted octanol–water partition coefficient (Wildman–Crippen LogP) is 4.73. The highest BCUT2D eigenvalue weighted by molar-refractivity contribution is 7.26. The van der Waals surface area contributed by atoms with Gasteiger partial charge in [-0.05, 0) is 30.2 Å². The Bertz CT molecular complexity index is 1110. The van der Waals surface area contributed by atoms with E-state index in [1.54, 1.807) is 23.7 Å². The van der Waals surface area contributed by atoms with Gasteiger partial charge in [-0.25, -0.2) is 8.78 Å². The molecule has 4 aromatic rings. The normalized spacial score (nSPS) is 12.4. The molecule has 0 spiro atoms. The molecule has 0 aliphatic rings. The van der Waals surface area contributed by atoms with E-state index < -0.39 is 11.6 Å². The number of aromatic nitrogens is 3. The maximum atomic E-state index is 13.3. The molecule has 0 bridgehead atoms. The van der Waals surface area contributed by atoms with Gasteiger partial charge in [-0.15, -0.1) is 21.5 Å². The number of benzene rings is 1. The molecule has 0 fully saturated rings. The fraction of sp³-hybridized carbons (Fsp3) is 0.167. The van der Waals surface area contributed by atoms with Crippen LogP contribution in [0.3, 0.4) is 0 Å². The number of nitrogens with zero attached hydrogens (tertiary/aromatic N) is 3. The molecular formula is C18H14ClF2N5S2. The molecule has 0 radical (unpaired) electrons. The van der Waals surface area contributed by atoms with E-state index in [4.69, 9.17) is 17.3 Å². The van der Waals surface area contributed by atoms with Crippen LogP contribution in [0.15, 0.2) is 36.7 Å². The van der Waals surface area contributed by atoms with E-state index in [2.05, 4.69) is 20.5 Å². The van der Waals surface area contributed by atoms with Crippen LogP contribution in [0.2, 0.25) is 5.02 Å². The summed E-state index contributed by atoms with van der Waals surface area (Å²) in [5.74, 6) is -1.22. The second kappa shape index (κ2) is 8.04. The largest absolute Gasteiger partial charge is 0.359 e. The zero-order valence-electron chi connectivity index (χ0n) is 14.3. The van der Waals surface area contributed by atoms with Gasteiger partial charge in [-0.3, -0.25) is 4.98 Å². The smallest absolute Gasteiger partial charge is 0.206 e. The molecule has 1 atom stereocenters. The van der Waals surface area contributed by atoms with Gasteiger partial charge in [0.1, 0.15) is 11.6 Å². The first-order valence-corrected chi connectivity index (χ1v) is 10.3. The monoisotopic (exact) mass is 437 g/mol. The number of nitrogens with two attached hydrogens (primary N) is 1. The van der Waals surface area contributed by atoms with Crippen LogP contribution < -0.4 is 11.1 Å². The lowest BCUT2D eigenvalue weighted by atomic mass is 10.1. The third kappa shape index (κ3) is 4.27. The molecule has 4 rings (SSSR count). The number of anilines is 1. The van der Waals surface area contributed by atoms with Crippen molar-refractivity contribution in [1.29, 1.82) is 0 Å². The van der Waals surface area contributed by atoms with Gasteiger partial charge in [0.15, 0.2) is 5.01 Å². The van der Waals surface area contributed by atoms with Crippen LogP contribution in [0.25, 0.3) is 20.0 Å². The minimum absolute atomic E-state index is 0.331. The highest BCUT2D eigenvalue weighted by atomic mass is 35.5. The van der Waals surface area contributed by atoms with Gasteiger partial charge >= 0.3 is 0 Å². The number of hydrogen-bond donors (Lipinski definition) is 2. The lowest BCUT2D eigenvalue weighted by Crippen LogP contribution is -2.31. The van der Waals surface area contributed by atoms with Gasteiger partial charge in [-0.1, -0.05) is 22.9 Å². The topological polar surface area (TPSA) is 76.7 Å². The Labute approximate surface area is 172 Å². The van der Waals surface area contributed by atoms with Crippen LogP contribution in [-0.2, 0) is 6.42 Å². The average Bonchev–Trinajstić information content (AvgIpc) is 3.26. The van der Waals surface area contributed by atoms with Crippen LogP contribution in [0.1, 0.15) is 5.56 Å². The first kappa shape index (κ1) is 19.1. The Morgan fingerprint density at radius 3 is 2.61 bits per heavy atom. The standard InChI is InChI=1S/C18H14ClF2N5S2/c19-14-7-23-8-16-13(14)5-15(27-16)17-25-26-18(28-17)24-6-12(22)3-9-1-10(20)4-11(21)2-9/h1-2,4-5,7-8,12H,3,6,22H2,(H,24,26)/t12-/m1/s1. The number of halogens is 3.